The Kier molecular flexibility index (Phi) is 10.5. The van der Waals surface area contributed by atoms with E-state index in [2.05, 4.69) is 114 Å². The predicted molar refractivity (Wildman–Crippen MR) is 172 cm³/mol. The smallest absolute Gasteiger partial charge is 0.0703 e. The van der Waals surface area contributed by atoms with Gasteiger partial charge in [-0.15, -0.1) is 0 Å². The summed E-state index contributed by atoms with van der Waals surface area (Å²) in [6.45, 7) is 15.9. The topological polar surface area (TPSA) is 41.5 Å². The summed E-state index contributed by atoms with van der Waals surface area (Å²) in [5, 5.41) is 0. The lowest BCUT2D eigenvalue weighted by Crippen LogP contribution is -2.26. The highest BCUT2D eigenvalue weighted by Crippen LogP contribution is 2.26. The molecular formula is C35H46N4O. The zero-order chi connectivity index (χ0) is 28.1. The van der Waals surface area contributed by atoms with Gasteiger partial charge in [-0.05, 0) is 123 Å². The molecule has 0 bridgehead atoms. The molecule has 40 heavy (non-hydrogen) atoms. The van der Waals surface area contributed by atoms with Crippen LogP contribution in [0.25, 0.3) is 22.5 Å². The summed E-state index contributed by atoms with van der Waals surface area (Å²) < 4.78 is 5.95. The molecule has 0 atom stereocenters. The third-order valence-electron chi connectivity index (χ3n) is 7.96. The van der Waals surface area contributed by atoms with Crippen LogP contribution in [0.3, 0.4) is 0 Å². The van der Waals surface area contributed by atoms with Crippen LogP contribution in [0.4, 0.5) is 11.4 Å². The minimum Gasteiger partial charge on any atom is -0.378 e. The molecule has 212 valence electrons. The molecule has 5 nitrogen and oxygen atoms in total. The van der Waals surface area contributed by atoms with Gasteiger partial charge in [-0.1, -0.05) is 7.43 Å². The van der Waals surface area contributed by atoms with Gasteiger partial charge in [0.05, 0.1) is 48.4 Å². The number of aryl methyl sites for hydroxylation is 4. The molecule has 5 heteroatoms. The van der Waals surface area contributed by atoms with Gasteiger partial charge in [0, 0.05) is 38.3 Å². The van der Waals surface area contributed by atoms with Gasteiger partial charge in [-0.3, -0.25) is 9.97 Å². The van der Waals surface area contributed by atoms with E-state index in [1.165, 1.54) is 44.5 Å². The van der Waals surface area contributed by atoms with Gasteiger partial charge in [0.1, 0.15) is 0 Å². The van der Waals surface area contributed by atoms with Crippen molar-refractivity contribution in [3.8, 4) is 22.5 Å². The van der Waals surface area contributed by atoms with E-state index in [1.54, 1.807) is 0 Å². The molecule has 0 spiro atoms. The van der Waals surface area contributed by atoms with Gasteiger partial charge in [0.25, 0.3) is 0 Å². The summed E-state index contributed by atoms with van der Waals surface area (Å²) in [5.41, 5.74) is 14.4. The van der Waals surface area contributed by atoms with Gasteiger partial charge >= 0.3 is 0 Å². The Bertz CT molecular complexity index is 1260. The van der Waals surface area contributed by atoms with E-state index in [0.29, 0.717) is 13.2 Å². The quantitative estimate of drug-likeness (QED) is 0.192. The van der Waals surface area contributed by atoms with E-state index in [9.17, 15) is 0 Å². The van der Waals surface area contributed by atoms with Crippen LogP contribution in [-0.4, -0.2) is 50.4 Å². The number of hydrogen-bond acceptors (Lipinski definition) is 5. The van der Waals surface area contributed by atoms with Crippen molar-refractivity contribution in [3.63, 3.8) is 0 Å². The highest BCUT2D eigenvalue weighted by Gasteiger charge is 2.09. The standard InChI is InChI=1S/C34H42N4O.CH4/c1-23-17-29(18-24(2)27(23)5)33-11-9-31(21-35-33)37(7)13-15-39-16-14-38(8)32-10-12-34(36-22-32)30-19-25(3)28(6)26(4)20-30;/h9-12,17-22H,13-16H2,1-8H3;1H4. The molecule has 0 radical (unpaired) electrons. The first-order chi connectivity index (χ1) is 18.6. The molecule has 0 aliphatic carbocycles. The van der Waals surface area contributed by atoms with Crippen LogP contribution in [0, 0.1) is 41.5 Å². The fourth-order valence-electron chi connectivity index (χ4n) is 4.70. The molecule has 2 heterocycles. The normalized spacial score (nSPS) is 10.8. The molecule has 0 saturated carbocycles. The molecule has 0 unspecified atom stereocenters. The number of hydrogen-bond donors (Lipinski definition) is 0. The third-order valence-corrected chi connectivity index (χ3v) is 7.96. The number of anilines is 2. The second-order valence-corrected chi connectivity index (χ2v) is 10.7. The van der Waals surface area contributed by atoms with Crippen LogP contribution in [0.2, 0.25) is 0 Å². The van der Waals surface area contributed by atoms with E-state index in [-0.39, 0.29) is 7.43 Å². The largest absolute Gasteiger partial charge is 0.378 e. The molecule has 0 amide bonds. The predicted octanol–water partition coefficient (Wildman–Crippen LogP) is 7.89. The summed E-state index contributed by atoms with van der Waals surface area (Å²) in [4.78, 5) is 13.8. The van der Waals surface area contributed by atoms with Gasteiger partial charge in [0.15, 0.2) is 0 Å². The Morgan fingerprint density at radius 2 is 0.925 bits per heavy atom. The molecule has 2 aromatic heterocycles. The maximum Gasteiger partial charge on any atom is 0.0703 e. The molecule has 4 aromatic rings. The van der Waals surface area contributed by atoms with Crippen molar-refractivity contribution in [2.45, 2.75) is 49.0 Å². The van der Waals surface area contributed by atoms with Crippen LogP contribution in [-0.2, 0) is 4.74 Å². The molecule has 2 aromatic carbocycles. The molecule has 0 saturated heterocycles. The summed E-state index contributed by atoms with van der Waals surface area (Å²) in [6, 6.07) is 17.3. The number of pyridine rings is 2. The highest BCUT2D eigenvalue weighted by molar-refractivity contribution is 5.65. The second-order valence-electron chi connectivity index (χ2n) is 10.7. The van der Waals surface area contributed by atoms with Gasteiger partial charge in [-0.25, -0.2) is 0 Å². The van der Waals surface area contributed by atoms with E-state index in [4.69, 9.17) is 14.7 Å². The summed E-state index contributed by atoms with van der Waals surface area (Å²) in [5.74, 6) is 0. The fourth-order valence-corrected chi connectivity index (χ4v) is 4.70. The van der Waals surface area contributed by atoms with Crippen molar-refractivity contribution in [3.05, 3.63) is 94.3 Å². The highest BCUT2D eigenvalue weighted by atomic mass is 16.5. The van der Waals surface area contributed by atoms with Crippen molar-refractivity contribution in [2.24, 2.45) is 0 Å². The van der Waals surface area contributed by atoms with Crippen LogP contribution in [0.15, 0.2) is 60.9 Å². The molecule has 0 N–H and O–H groups in total. The second kappa shape index (κ2) is 13.6. The van der Waals surface area contributed by atoms with Crippen LogP contribution >= 0.6 is 0 Å². The average Bonchev–Trinajstić information content (AvgIpc) is 2.93. The Morgan fingerprint density at radius 1 is 0.575 bits per heavy atom. The lowest BCUT2D eigenvalue weighted by atomic mass is 9.99. The van der Waals surface area contributed by atoms with Crippen LogP contribution < -0.4 is 9.80 Å². The van der Waals surface area contributed by atoms with E-state index >= 15 is 0 Å². The molecule has 4 rings (SSSR count). The monoisotopic (exact) mass is 538 g/mol. The van der Waals surface area contributed by atoms with Crippen molar-refractivity contribution in [1.82, 2.24) is 9.97 Å². The number of likely N-dealkylation sites (N-methyl/N-ethyl adjacent to an activating group) is 2. The Hall–Kier alpha value is -3.70. The van der Waals surface area contributed by atoms with Gasteiger partial charge < -0.3 is 14.5 Å². The van der Waals surface area contributed by atoms with Gasteiger partial charge in [0.2, 0.25) is 0 Å². The lowest BCUT2D eigenvalue weighted by molar-refractivity contribution is 0.147. The van der Waals surface area contributed by atoms with E-state index in [0.717, 1.165) is 35.9 Å². The number of ether oxygens (including phenoxy) is 1. The summed E-state index contributed by atoms with van der Waals surface area (Å²) in [6.07, 6.45) is 3.90. The number of benzene rings is 2. The zero-order valence-electron chi connectivity index (χ0n) is 24.8. The van der Waals surface area contributed by atoms with E-state index < -0.39 is 0 Å². The first kappa shape index (κ1) is 30.8. The average molecular weight is 539 g/mol. The lowest BCUT2D eigenvalue weighted by Gasteiger charge is -2.21. The Balaban J connectivity index is 0.00000441. The van der Waals surface area contributed by atoms with Crippen molar-refractivity contribution < 1.29 is 4.74 Å². The fraction of sp³-hybridized carbons (Fsp3) is 0.371. The molecule has 0 aliphatic rings. The SMILES string of the molecule is C.Cc1cc(-c2ccc(N(C)CCOCCN(C)c3ccc(-c4cc(C)c(C)c(C)c4)nc3)cn2)cc(C)c1C. The van der Waals surface area contributed by atoms with Crippen LogP contribution in [0.5, 0.6) is 0 Å². The van der Waals surface area contributed by atoms with Crippen molar-refractivity contribution >= 4 is 11.4 Å². The summed E-state index contributed by atoms with van der Waals surface area (Å²) in [7, 11) is 4.16. The Labute approximate surface area is 241 Å². The number of nitrogens with zero attached hydrogens (tertiary/aromatic N) is 4. The zero-order valence-corrected chi connectivity index (χ0v) is 24.8. The minimum absolute atomic E-state index is 0. The van der Waals surface area contributed by atoms with Crippen molar-refractivity contribution in [1.29, 1.82) is 0 Å². The molecular weight excluding hydrogens is 492 g/mol. The molecule has 0 aliphatic heterocycles. The van der Waals surface area contributed by atoms with Crippen molar-refractivity contribution in [2.75, 3.05) is 50.2 Å². The first-order valence-electron chi connectivity index (χ1n) is 13.7. The molecule has 0 fully saturated rings. The first-order valence-corrected chi connectivity index (χ1v) is 13.7. The number of aromatic nitrogens is 2. The number of rotatable bonds is 10. The minimum atomic E-state index is 0. The third kappa shape index (κ3) is 7.28. The maximum absolute atomic E-state index is 5.95. The van der Waals surface area contributed by atoms with E-state index in [1.807, 2.05) is 12.4 Å². The van der Waals surface area contributed by atoms with Crippen LogP contribution in [0.1, 0.15) is 40.8 Å². The van der Waals surface area contributed by atoms with Gasteiger partial charge in [-0.2, -0.15) is 0 Å². The maximum atomic E-state index is 5.95. The summed E-state index contributed by atoms with van der Waals surface area (Å²) >= 11 is 0. The Morgan fingerprint density at radius 3 is 1.23 bits per heavy atom.